The van der Waals surface area contributed by atoms with E-state index in [9.17, 15) is 0 Å². The van der Waals surface area contributed by atoms with Crippen molar-refractivity contribution in [2.75, 3.05) is 38.7 Å². The van der Waals surface area contributed by atoms with Gasteiger partial charge < -0.3 is 24.4 Å². The fourth-order valence-corrected chi connectivity index (χ4v) is 3.31. The lowest BCUT2D eigenvalue weighted by atomic mass is 10.1. The molecule has 0 spiro atoms. The predicted octanol–water partition coefficient (Wildman–Crippen LogP) is 4.99. The first-order valence-corrected chi connectivity index (χ1v) is 10.5. The van der Waals surface area contributed by atoms with Gasteiger partial charge in [-0.2, -0.15) is 0 Å². The first kappa shape index (κ1) is 23.4. The van der Waals surface area contributed by atoms with Crippen LogP contribution in [0.4, 0.5) is 5.69 Å². The van der Waals surface area contributed by atoms with Crippen molar-refractivity contribution >= 4 is 34.6 Å². The van der Waals surface area contributed by atoms with Crippen LogP contribution in [0.3, 0.4) is 0 Å². The normalized spacial score (nSPS) is 10.8. The van der Waals surface area contributed by atoms with Gasteiger partial charge >= 0.3 is 0 Å². The molecular formula is C22H29ClN2O3S. The largest absolute Gasteiger partial charge is 0.495 e. The molecule has 158 valence electrons. The summed E-state index contributed by atoms with van der Waals surface area (Å²) in [5.41, 5.74) is 1.96. The second kappa shape index (κ2) is 12.6. The molecule has 0 fully saturated rings. The molecule has 7 heteroatoms. The summed E-state index contributed by atoms with van der Waals surface area (Å²) in [6.07, 6.45) is 0.488. The maximum atomic E-state index is 6.15. The number of thiocarbonyl (C=S) groups is 1. The minimum absolute atomic E-state index is 0.359. The topological polar surface area (TPSA) is 43.0 Å². The number of anilines is 1. The fourth-order valence-electron chi connectivity index (χ4n) is 2.86. The molecule has 0 bridgehead atoms. The summed E-state index contributed by atoms with van der Waals surface area (Å²) in [7, 11) is 1.62. The molecule has 0 radical (unpaired) electrons. The Balaban J connectivity index is 2.15. The standard InChI is InChI=1S/C22H29ClN2O3S/c1-4-27-21(28-5-2)16-25(14-13-17-9-7-6-8-10-17)22(29)24-19-15-18(23)11-12-20(19)26-3/h6-12,15,21H,4-5,13-14,16H2,1-3H3,(H,24,29). The average Bonchev–Trinajstić information content (AvgIpc) is 2.72. The van der Waals surface area contributed by atoms with Crippen LogP contribution in [0.1, 0.15) is 19.4 Å². The van der Waals surface area contributed by atoms with Gasteiger partial charge in [-0.15, -0.1) is 0 Å². The highest BCUT2D eigenvalue weighted by Crippen LogP contribution is 2.28. The van der Waals surface area contributed by atoms with Crippen LogP contribution in [-0.2, 0) is 15.9 Å². The van der Waals surface area contributed by atoms with Gasteiger partial charge in [0.2, 0.25) is 0 Å². The molecule has 0 heterocycles. The first-order valence-electron chi connectivity index (χ1n) is 9.74. The van der Waals surface area contributed by atoms with Crippen molar-refractivity contribution < 1.29 is 14.2 Å². The third-order valence-electron chi connectivity index (χ3n) is 4.28. The third-order valence-corrected chi connectivity index (χ3v) is 4.87. The average molecular weight is 437 g/mol. The highest BCUT2D eigenvalue weighted by atomic mass is 35.5. The number of methoxy groups -OCH3 is 1. The van der Waals surface area contributed by atoms with Crippen LogP contribution >= 0.6 is 23.8 Å². The van der Waals surface area contributed by atoms with Gasteiger partial charge in [-0.3, -0.25) is 0 Å². The Morgan fingerprint density at radius 1 is 1.10 bits per heavy atom. The van der Waals surface area contributed by atoms with Crippen molar-refractivity contribution in [1.82, 2.24) is 4.90 Å². The van der Waals surface area contributed by atoms with Crippen molar-refractivity contribution in [3.8, 4) is 5.75 Å². The second-order valence-corrected chi connectivity index (χ2v) is 7.12. The van der Waals surface area contributed by atoms with E-state index < -0.39 is 0 Å². The smallest absolute Gasteiger partial charge is 0.174 e. The highest BCUT2D eigenvalue weighted by molar-refractivity contribution is 7.80. The molecule has 0 aliphatic carbocycles. The minimum Gasteiger partial charge on any atom is -0.495 e. The zero-order chi connectivity index (χ0) is 21.1. The molecule has 0 atom stereocenters. The summed E-state index contributed by atoms with van der Waals surface area (Å²) in [6.45, 7) is 6.28. The molecule has 2 aromatic rings. The lowest BCUT2D eigenvalue weighted by Gasteiger charge is -2.30. The number of nitrogens with zero attached hydrogens (tertiary/aromatic N) is 1. The molecule has 0 saturated carbocycles. The van der Waals surface area contributed by atoms with E-state index >= 15 is 0 Å². The van der Waals surface area contributed by atoms with Crippen LogP contribution in [0.15, 0.2) is 48.5 Å². The predicted molar refractivity (Wildman–Crippen MR) is 123 cm³/mol. The fraction of sp³-hybridized carbons (Fsp3) is 0.409. The van der Waals surface area contributed by atoms with Crippen LogP contribution in [-0.4, -0.2) is 49.7 Å². The number of ether oxygens (including phenoxy) is 3. The van der Waals surface area contributed by atoms with Crippen molar-refractivity contribution in [1.29, 1.82) is 0 Å². The van der Waals surface area contributed by atoms with Crippen molar-refractivity contribution in [3.05, 3.63) is 59.1 Å². The molecule has 1 N–H and O–H groups in total. The molecule has 2 aromatic carbocycles. The highest BCUT2D eigenvalue weighted by Gasteiger charge is 2.18. The summed E-state index contributed by atoms with van der Waals surface area (Å²) in [5.74, 6) is 0.672. The Bertz CT molecular complexity index is 755. The van der Waals surface area contributed by atoms with E-state index in [1.807, 2.05) is 38.1 Å². The Morgan fingerprint density at radius 3 is 2.41 bits per heavy atom. The van der Waals surface area contributed by atoms with Crippen molar-refractivity contribution in [2.45, 2.75) is 26.6 Å². The molecular weight excluding hydrogens is 408 g/mol. The quantitative estimate of drug-likeness (QED) is 0.395. The van der Waals surface area contributed by atoms with Crippen LogP contribution in [0.5, 0.6) is 5.75 Å². The molecule has 0 aliphatic heterocycles. The zero-order valence-corrected chi connectivity index (χ0v) is 18.8. The molecule has 2 rings (SSSR count). The maximum Gasteiger partial charge on any atom is 0.174 e. The van der Waals surface area contributed by atoms with Gasteiger partial charge in [0, 0.05) is 24.8 Å². The molecule has 0 aliphatic rings. The van der Waals surface area contributed by atoms with Crippen molar-refractivity contribution in [3.63, 3.8) is 0 Å². The SMILES string of the molecule is CCOC(CN(CCc1ccccc1)C(=S)Nc1cc(Cl)ccc1OC)OCC. The van der Waals surface area contributed by atoms with E-state index in [4.69, 9.17) is 38.0 Å². The molecule has 0 unspecified atom stereocenters. The molecule has 29 heavy (non-hydrogen) atoms. The van der Waals surface area contributed by atoms with E-state index in [0.29, 0.717) is 35.6 Å². The number of rotatable bonds is 11. The summed E-state index contributed by atoms with van der Waals surface area (Å²) < 4.78 is 16.9. The lowest BCUT2D eigenvalue weighted by Crippen LogP contribution is -2.43. The van der Waals surface area contributed by atoms with E-state index in [0.717, 1.165) is 18.7 Å². The zero-order valence-electron chi connectivity index (χ0n) is 17.2. The summed E-state index contributed by atoms with van der Waals surface area (Å²) in [6, 6.07) is 15.7. The molecule has 0 amide bonds. The Kier molecular flexibility index (Phi) is 10.2. The number of hydrogen-bond acceptors (Lipinski definition) is 4. The Hall–Kier alpha value is -1.86. The van der Waals surface area contributed by atoms with E-state index in [1.54, 1.807) is 19.2 Å². The maximum absolute atomic E-state index is 6.15. The molecule has 0 saturated heterocycles. The van der Waals surface area contributed by atoms with E-state index in [-0.39, 0.29) is 6.29 Å². The van der Waals surface area contributed by atoms with Gasteiger partial charge in [0.25, 0.3) is 0 Å². The summed E-state index contributed by atoms with van der Waals surface area (Å²) >= 11 is 11.9. The van der Waals surface area contributed by atoms with E-state index in [1.165, 1.54) is 5.56 Å². The van der Waals surface area contributed by atoms with Crippen LogP contribution in [0.25, 0.3) is 0 Å². The van der Waals surface area contributed by atoms with Crippen LogP contribution < -0.4 is 10.1 Å². The Morgan fingerprint density at radius 2 is 1.79 bits per heavy atom. The van der Waals surface area contributed by atoms with Gasteiger partial charge in [0.05, 0.1) is 19.3 Å². The van der Waals surface area contributed by atoms with E-state index in [2.05, 4.69) is 22.3 Å². The van der Waals surface area contributed by atoms with Gasteiger partial charge in [-0.1, -0.05) is 41.9 Å². The minimum atomic E-state index is -0.359. The number of hydrogen-bond donors (Lipinski definition) is 1. The van der Waals surface area contributed by atoms with Crippen molar-refractivity contribution in [2.24, 2.45) is 0 Å². The molecule has 5 nitrogen and oxygen atoms in total. The first-order chi connectivity index (χ1) is 14.1. The lowest BCUT2D eigenvalue weighted by molar-refractivity contribution is -0.141. The molecule has 0 aromatic heterocycles. The summed E-state index contributed by atoms with van der Waals surface area (Å²) in [4.78, 5) is 2.05. The Labute approximate surface area is 183 Å². The number of benzene rings is 2. The van der Waals surface area contributed by atoms with Crippen LogP contribution in [0.2, 0.25) is 5.02 Å². The second-order valence-electron chi connectivity index (χ2n) is 6.30. The van der Waals surface area contributed by atoms with Gasteiger partial charge in [-0.05, 0) is 56.2 Å². The number of halogens is 1. The number of nitrogens with one attached hydrogen (secondary N) is 1. The van der Waals surface area contributed by atoms with Gasteiger partial charge in [-0.25, -0.2) is 0 Å². The van der Waals surface area contributed by atoms with Crippen LogP contribution in [0, 0.1) is 0 Å². The monoisotopic (exact) mass is 436 g/mol. The summed E-state index contributed by atoms with van der Waals surface area (Å²) in [5, 5.41) is 4.43. The van der Waals surface area contributed by atoms with Gasteiger partial charge in [0.15, 0.2) is 11.4 Å². The third kappa shape index (κ3) is 7.82. The van der Waals surface area contributed by atoms with Gasteiger partial charge in [0.1, 0.15) is 5.75 Å².